The number of aromatic nitrogens is 1. The van der Waals surface area contributed by atoms with Crippen LogP contribution >= 0.6 is 11.3 Å². The molecule has 0 fully saturated rings. The third kappa shape index (κ3) is 2.85. The van der Waals surface area contributed by atoms with Crippen molar-refractivity contribution in [3.05, 3.63) is 34.6 Å². The summed E-state index contributed by atoms with van der Waals surface area (Å²) in [5.41, 5.74) is 5.89. The summed E-state index contributed by atoms with van der Waals surface area (Å²) >= 11 is 1.19. The molecule has 1 aromatic carbocycles. The van der Waals surface area contributed by atoms with Crippen LogP contribution in [0.25, 0.3) is 0 Å². The van der Waals surface area contributed by atoms with Crippen molar-refractivity contribution in [3.63, 3.8) is 0 Å². The number of nitrogens with one attached hydrogen (secondary N) is 1. The van der Waals surface area contributed by atoms with E-state index in [0.717, 1.165) is 10.9 Å². The van der Waals surface area contributed by atoms with E-state index >= 15 is 0 Å². The Hall–Kier alpha value is -1.67. The maximum Gasteiger partial charge on any atom is 0.263 e. The van der Waals surface area contributed by atoms with E-state index in [4.69, 9.17) is 5.73 Å². The normalized spacial score (nSPS) is 11.5. The molecule has 2 rings (SSSR count). The number of benzene rings is 1. The van der Waals surface area contributed by atoms with Gasteiger partial charge in [0.25, 0.3) is 10.0 Å². The van der Waals surface area contributed by atoms with Crippen molar-refractivity contribution >= 4 is 32.2 Å². The lowest BCUT2D eigenvalue weighted by atomic mass is 10.2. The van der Waals surface area contributed by atoms with Crippen molar-refractivity contribution in [1.82, 2.24) is 4.98 Å². The lowest BCUT2D eigenvalue weighted by molar-refractivity contribution is 0.593. The van der Waals surface area contributed by atoms with Gasteiger partial charge in [-0.2, -0.15) is 0 Å². The molecule has 19 heavy (non-hydrogen) atoms. The molecule has 0 aliphatic carbocycles. The predicted molar refractivity (Wildman–Crippen MR) is 73.2 cm³/mol. The van der Waals surface area contributed by atoms with E-state index in [1.807, 2.05) is 0 Å². The molecular formula is C11H12FN3O2S2. The zero-order valence-electron chi connectivity index (χ0n) is 10.3. The van der Waals surface area contributed by atoms with E-state index in [-0.39, 0.29) is 21.3 Å². The maximum absolute atomic E-state index is 13.5. The Kier molecular flexibility index (Phi) is 3.46. The predicted octanol–water partition coefficient (Wildman–Crippen LogP) is 2.28. The van der Waals surface area contributed by atoms with Crippen LogP contribution in [-0.4, -0.2) is 13.4 Å². The van der Waals surface area contributed by atoms with Crippen molar-refractivity contribution < 1.29 is 12.8 Å². The molecule has 0 saturated carbocycles. The zero-order valence-corrected chi connectivity index (χ0v) is 11.9. The molecule has 8 heteroatoms. The minimum Gasteiger partial charge on any atom is -0.398 e. The highest BCUT2D eigenvalue weighted by Gasteiger charge is 2.18. The number of anilines is 2. The highest BCUT2D eigenvalue weighted by Crippen LogP contribution is 2.24. The minimum absolute atomic E-state index is 0.0932. The summed E-state index contributed by atoms with van der Waals surface area (Å²) in [7, 11) is -3.88. The largest absolute Gasteiger partial charge is 0.398 e. The summed E-state index contributed by atoms with van der Waals surface area (Å²) in [5.74, 6) is -0.657. The van der Waals surface area contributed by atoms with Gasteiger partial charge in [0.2, 0.25) is 0 Å². The van der Waals surface area contributed by atoms with Crippen molar-refractivity contribution in [2.24, 2.45) is 0 Å². The highest BCUT2D eigenvalue weighted by molar-refractivity contribution is 7.93. The molecule has 0 spiro atoms. The zero-order chi connectivity index (χ0) is 14.2. The van der Waals surface area contributed by atoms with Crippen molar-refractivity contribution in [2.45, 2.75) is 18.7 Å². The molecule has 0 saturated heterocycles. The molecule has 2 aromatic rings. The third-order valence-corrected chi connectivity index (χ3v) is 4.79. The van der Waals surface area contributed by atoms with E-state index in [1.54, 1.807) is 13.1 Å². The molecule has 0 bridgehead atoms. The van der Waals surface area contributed by atoms with Gasteiger partial charge in [-0.1, -0.05) is 0 Å². The first-order valence-corrected chi connectivity index (χ1v) is 7.60. The molecule has 5 nitrogen and oxygen atoms in total. The number of aryl methyl sites for hydroxylation is 1. The minimum atomic E-state index is -3.88. The van der Waals surface area contributed by atoms with Gasteiger partial charge in [0.1, 0.15) is 5.82 Å². The van der Waals surface area contributed by atoms with Gasteiger partial charge in [-0.3, -0.25) is 4.72 Å². The van der Waals surface area contributed by atoms with Crippen LogP contribution in [0, 0.1) is 19.7 Å². The second-order valence-electron chi connectivity index (χ2n) is 4.00. The number of nitrogens with two attached hydrogens (primary N) is 1. The van der Waals surface area contributed by atoms with Crippen LogP contribution in [0.2, 0.25) is 0 Å². The smallest absolute Gasteiger partial charge is 0.263 e. The van der Waals surface area contributed by atoms with Gasteiger partial charge in [0, 0.05) is 22.3 Å². The number of halogens is 1. The van der Waals surface area contributed by atoms with Gasteiger partial charge < -0.3 is 5.73 Å². The Morgan fingerprint density at radius 1 is 1.37 bits per heavy atom. The Balaban J connectivity index is 2.40. The molecule has 1 heterocycles. The maximum atomic E-state index is 13.5. The number of rotatable bonds is 3. The third-order valence-electron chi connectivity index (χ3n) is 2.51. The Labute approximate surface area is 114 Å². The first-order chi connectivity index (χ1) is 8.79. The van der Waals surface area contributed by atoms with Gasteiger partial charge in [0.05, 0.1) is 4.90 Å². The second kappa shape index (κ2) is 4.78. The van der Waals surface area contributed by atoms with E-state index in [9.17, 15) is 12.8 Å². The van der Waals surface area contributed by atoms with Crippen molar-refractivity contribution in [1.29, 1.82) is 0 Å². The number of hydrogen-bond donors (Lipinski definition) is 2. The fraction of sp³-hybridized carbons (Fsp3) is 0.182. The molecule has 1 aromatic heterocycles. The number of sulfonamides is 1. The van der Waals surface area contributed by atoms with Crippen LogP contribution in [0.5, 0.6) is 0 Å². The van der Waals surface area contributed by atoms with E-state index in [1.165, 1.54) is 24.3 Å². The van der Waals surface area contributed by atoms with Crippen LogP contribution in [-0.2, 0) is 10.0 Å². The van der Waals surface area contributed by atoms with Gasteiger partial charge in [0.15, 0.2) is 5.13 Å². The highest BCUT2D eigenvalue weighted by atomic mass is 32.2. The second-order valence-corrected chi connectivity index (χ2v) is 6.92. The molecule has 0 atom stereocenters. The quantitative estimate of drug-likeness (QED) is 0.852. The topological polar surface area (TPSA) is 85.1 Å². The lowest BCUT2D eigenvalue weighted by Gasteiger charge is -2.08. The Bertz CT molecular complexity index is 702. The first kappa shape index (κ1) is 13.8. The van der Waals surface area contributed by atoms with E-state index < -0.39 is 15.8 Å². The molecule has 0 aliphatic rings. The molecule has 0 aliphatic heterocycles. The van der Waals surface area contributed by atoms with Gasteiger partial charge >= 0.3 is 0 Å². The molecule has 102 valence electrons. The monoisotopic (exact) mass is 301 g/mol. The summed E-state index contributed by atoms with van der Waals surface area (Å²) in [6.45, 7) is 3.29. The molecule has 0 unspecified atom stereocenters. The Morgan fingerprint density at radius 3 is 2.58 bits per heavy atom. The fourth-order valence-electron chi connectivity index (χ4n) is 1.41. The SMILES string of the molecule is Cc1cnc(NS(=O)(=O)c2cc(N)c(C)c(F)c2)s1. The number of nitrogen functional groups attached to an aromatic ring is 1. The Morgan fingerprint density at radius 2 is 2.05 bits per heavy atom. The van der Waals surface area contributed by atoms with E-state index in [0.29, 0.717) is 0 Å². The average Bonchev–Trinajstić information content (AvgIpc) is 2.70. The average molecular weight is 301 g/mol. The fourth-order valence-corrected chi connectivity index (χ4v) is 3.36. The standard InChI is InChI=1S/C11H12FN3O2S2/c1-6-5-14-11(18-6)15-19(16,17)8-3-9(12)7(2)10(13)4-8/h3-5H,13H2,1-2H3,(H,14,15). The summed E-state index contributed by atoms with van der Waals surface area (Å²) < 4.78 is 39.9. The summed E-state index contributed by atoms with van der Waals surface area (Å²) in [5, 5.41) is 0.233. The summed E-state index contributed by atoms with van der Waals surface area (Å²) in [6, 6.07) is 2.16. The van der Waals surface area contributed by atoms with Crippen molar-refractivity contribution in [2.75, 3.05) is 10.5 Å². The van der Waals surface area contributed by atoms with Crippen LogP contribution < -0.4 is 10.5 Å². The van der Waals surface area contributed by atoms with Gasteiger partial charge in [-0.15, -0.1) is 11.3 Å². The molecular weight excluding hydrogens is 289 g/mol. The molecule has 0 amide bonds. The van der Waals surface area contributed by atoms with Crippen molar-refractivity contribution in [3.8, 4) is 0 Å². The lowest BCUT2D eigenvalue weighted by Crippen LogP contribution is -2.13. The summed E-state index contributed by atoms with van der Waals surface area (Å²) in [4.78, 5) is 4.54. The molecule has 0 radical (unpaired) electrons. The van der Waals surface area contributed by atoms with Crippen LogP contribution in [0.4, 0.5) is 15.2 Å². The number of nitrogens with zero attached hydrogens (tertiary/aromatic N) is 1. The summed E-state index contributed by atoms with van der Waals surface area (Å²) in [6.07, 6.45) is 1.55. The van der Waals surface area contributed by atoms with Crippen LogP contribution in [0.15, 0.2) is 23.2 Å². The van der Waals surface area contributed by atoms with E-state index in [2.05, 4.69) is 9.71 Å². The number of hydrogen-bond acceptors (Lipinski definition) is 5. The van der Waals surface area contributed by atoms with Crippen LogP contribution in [0.3, 0.4) is 0 Å². The van der Waals surface area contributed by atoms with Gasteiger partial charge in [-0.25, -0.2) is 17.8 Å². The van der Waals surface area contributed by atoms with Crippen LogP contribution in [0.1, 0.15) is 10.4 Å². The number of thiazole rings is 1. The van der Waals surface area contributed by atoms with Gasteiger partial charge in [-0.05, 0) is 26.0 Å². The molecule has 3 N–H and O–H groups in total. The first-order valence-electron chi connectivity index (χ1n) is 5.30.